The molecule has 2 heteroatoms. The van der Waals surface area contributed by atoms with E-state index in [1.54, 1.807) is 0 Å². The molecule has 0 atom stereocenters. The molecule has 0 spiro atoms. The van der Waals surface area contributed by atoms with Gasteiger partial charge in [-0.05, 0) is 27.6 Å². The molecule has 1 aromatic heterocycles. The van der Waals surface area contributed by atoms with E-state index < -0.39 is 0 Å². The van der Waals surface area contributed by atoms with Crippen molar-refractivity contribution in [2.45, 2.75) is 0 Å². The van der Waals surface area contributed by atoms with Crippen LogP contribution in [0.1, 0.15) is 0 Å². The number of H-pyrrole nitrogens is 1. The molecule has 0 aliphatic heterocycles. The van der Waals surface area contributed by atoms with Gasteiger partial charge in [-0.25, -0.2) is 4.98 Å². The van der Waals surface area contributed by atoms with Crippen LogP contribution in [0.4, 0.5) is 0 Å². The fraction of sp³-hybridized carbons (Fsp3) is 0. The van der Waals surface area contributed by atoms with Gasteiger partial charge in [0.1, 0.15) is 0 Å². The molecule has 1 N–H and O–H groups in total. The van der Waals surface area contributed by atoms with Crippen LogP contribution in [-0.2, 0) is 0 Å². The van der Waals surface area contributed by atoms with E-state index in [0.29, 0.717) is 0 Å². The summed E-state index contributed by atoms with van der Waals surface area (Å²) in [6, 6.07) is 19.5. The van der Waals surface area contributed by atoms with E-state index in [4.69, 9.17) is 0 Å². The number of rotatable bonds is 0. The van der Waals surface area contributed by atoms with Gasteiger partial charge in [-0.1, -0.05) is 42.5 Å². The molecule has 1 nitrogen and oxygen atoms in total. The first kappa shape index (κ1) is 12.4. The number of benzene rings is 3. The Kier molecular flexibility index (Phi) is 3.11. The number of aromatic amines is 1. The first-order valence-corrected chi connectivity index (χ1v) is 6.14. The van der Waals surface area contributed by atoms with Crippen molar-refractivity contribution in [1.82, 2.24) is 0 Å². The highest BCUT2D eigenvalue weighted by atomic mass is 127. The smallest absolute Gasteiger partial charge is 0.174 e. The molecule has 0 aliphatic carbocycles. The predicted molar refractivity (Wildman–Crippen MR) is 75.5 cm³/mol. The first-order valence-electron chi connectivity index (χ1n) is 6.14. The van der Waals surface area contributed by atoms with Crippen LogP contribution in [0.3, 0.4) is 0 Å². The number of aromatic nitrogens is 1. The highest BCUT2D eigenvalue weighted by Crippen LogP contribution is 2.30. The highest BCUT2D eigenvalue weighted by Gasteiger charge is 2.04. The van der Waals surface area contributed by atoms with E-state index in [1.165, 1.54) is 32.3 Å². The van der Waals surface area contributed by atoms with Crippen LogP contribution in [0.2, 0.25) is 0 Å². The minimum atomic E-state index is 0. The maximum atomic E-state index is 3.14. The molecule has 92 valence electrons. The number of hydrogen-bond donors (Lipinski definition) is 0. The SMILES string of the molecule is [I-].c1ccc2c(c1)ccc1c3cc[nH+]cc3ccc21. The van der Waals surface area contributed by atoms with Gasteiger partial charge in [0.15, 0.2) is 12.4 Å². The van der Waals surface area contributed by atoms with Crippen molar-refractivity contribution >= 4 is 32.3 Å². The van der Waals surface area contributed by atoms with Crippen molar-refractivity contribution in [2.24, 2.45) is 0 Å². The lowest BCUT2D eigenvalue weighted by Crippen LogP contribution is -3.00. The van der Waals surface area contributed by atoms with Gasteiger partial charge in [0.2, 0.25) is 0 Å². The summed E-state index contributed by atoms with van der Waals surface area (Å²) in [4.78, 5) is 3.14. The summed E-state index contributed by atoms with van der Waals surface area (Å²) in [6.07, 6.45) is 4.03. The monoisotopic (exact) mass is 357 g/mol. The lowest BCUT2D eigenvalue weighted by atomic mass is 9.98. The number of pyridine rings is 1. The summed E-state index contributed by atoms with van der Waals surface area (Å²) in [5, 5.41) is 7.82. The van der Waals surface area contributed by atoms with Crippen LogP contribution < -0.4 is 29.0 Å². The van der Waals surface area contributed by atoms with Crippen LogP contribution in [-0.4, -0.2) is 0 Å². The molecule has 0 unspecified atom stereocenters. The Morgan fingerprint density at radius 1 is 0.579 bits per heavy atom. The zero-order valence-electron chi connectivity index (χ0n) is 10.2. The van der Waals surface area contributed by atoms with E-state index in [2.05, 4.69) is 59.6 Å². The van der Waals surface area contributed by atoms with E-state index in [1.807, 2.05) is 12.4 Å². The normalized spacial score (nSPS) is 10.7. The number of halogens is 1. The van der Waals surface area contributed by atoms with Gasteiger partial charge in [0.25, 0.3) is 0 Å². The van der Waals surface area contributed by atoms with Crippen LogP contribution in [0.5, 0.6) is 0 Å². The lowest BCUT2D eigenvalue weighted by Gasteiger charge is -2.05. The fourth-order valence-corrected chi connectivity index (χ4v) is 2.71. The average Bonchev–Trinajstić information content (AvgIpc) is 2.46. The van der Waals surface area contributed by atoms with E-state index in [0.717, 1.165) is 0 Å². The number of nitrogens with one attached hydrogen (secondary N) is 1. The maximum Gasteiger partial charge on any atom is 0.174 e. The Bertz CT molecular complexity index is 808. The van der Waals surface area contributed by atoms with Gasteiger partial charge >= 0.3 is 0 Å². The molecule has 4 aromatic rings. The third-order valence-corrected chi connectivity index (χ3v) is 3.59. The van der Waals surface area contributed by atoms with Gasteiger partial charge in [0, 0.05) is 16.8 Å². The molecule has 0 saturated heterocycles. The Labute approximate surface area is 128 Å². The molecule has 1 heterocycles. The van der Waals surface area contributed by atoms with Crippen LogP contribution >= 0.6 is 0 Å². The molecular formula is C17H12IN. The van der Waals surface area contributed by atoms with Crippen molar-refractivity contribution in [2.75, 3.05) is 0 Å². The molecule has 0 aliphatic rings. The summed E-state index contributed by atoms with van der Waals surface area (Å²) in [5.74, 6) is 0. The minimum absolute atomic E-state index is 0. The summed E-state index contributed by atoms with van der Waals surface area (Å²) in [7, 11) is 0. The van der Waals surface area contributed by atoms with Gasteiger partial charge in [-0.3, -0.25) is 0 Å². The first-order chi connectivity index (χ1) is 8.93. The number of fused-ring (bicyclic) bond motifs is 5. The molecule has 0 saturated carbocycles. The second-order valence-corrected chi connectivity index (χ2v) is 4.59. The highest BCUT2D eigenvalue weighted by molar-refractivity contribution is 6.16. The van der Waals surface area contributed by atoms with Crippen LogP contribution in [0.15, 0.2) is 67.0 Å². The zero-order chi connectivity index (χ0) is 11.9. The Morgan fingerprint density at radius 2 is 1.26 bits per heavy atom. The zero-order valence-corrected chi connectivity index (χ0v) is 12.4. The number of hydrogen-bond acceptors (Lipinski definition) is 0. The summed E-state index contributed by atoms with van der Waals surface area (Å²) in [6.45, 7) is 0. The standard InChI is InChI=1S/C17H11N.HI/c1-2-4-14-12(3-1)5-7-17-15-9-10-18-11-13(15)6-8-16(14)17;/h1-11H;1H. The lowest BCUT2D eigenvalue weighted by molar-refractivity contribution is -0.375. The molecule has 4 rings (SSSR count). The Hall–Kier alpha value is -1.68. The van der Waals surface area contributed by atoms with Gasteiger partial charge in [-0.15, -0.1) is 0 Å². The van der Waals surface area contributed by atoms with Gasteiger partial charge in [-0.2, -0.15) is 0 Å². The second kappa shape index (κ2) is 4.78. The maximum absolute atomic E-state index is 3.14. The summed E-state index contributed by atoms with van der Waals surface area (Å²) >= 11 is 0. The van der Waals surface area contributed by atoms with Gasteiger partial charge < -0.3 is 24.0 Å². The molecular weight excluding hydrogens is 345 g/mol. The fourth-order valence-electron chi connectivity index (χ4n) is 2.71. The van der Waals surface area contributed by atoms with Crippen LogP contribution in [0.25, 0.3) is 32.3 Å². The average molecular weight is 357 g/mol. The minimum Gasteiger partial charge on any atom is -1.00 e. The molecule has 0 bridgehead atoms. The molecule has 0 amide bonds. The van der Waals surface area contributed by atoms with E-state index in [-0.39, 0.29) is 24.0 Å². The topological polar surface area (TPSA) is 14.1 Å². The summed E-state index contributed by atoms with van der Waals surface area (Å²) < 4.78 is 0. The van der Waals surface area contributed by atoms with Crippen molar-refractivity contribution in [3.05, 3.63) is 67.0 Å². The van der Waals surface area contributed by atoms with Crippen molar-refractivity contribution in [3.8, 4) is 0 Å². The van der Waals surface area contributed by atoms with Gasteiger partial charge in [0.05, 0.1) is 0 Å². The molecule has 3 aromatic carbocycles. The largest absolute Gasteiger partial charge is 1.00 e. The molecule has 0 fully saturated rings. The second-order valence-electron chi connectivity index (χ2n) is 4.59. The Balaban J connectivity index is 0.00000110. The molecule has 19 heavy (non-hydrogen) atoms. The van der Waals surface area contributed by atoms with E-state index >= 15 is 0 Å². The third kappa shape index (κ3) is 1.87. The quantitative estimate of drug-likeness (QED) is 0.329. The van der Waals surface area contributed by atoms with Crippen molar-refractivity contribution in [3.63, 3.8) is 0 Å². The summed E-state index contributed by atoms with van der Waals surface area (Å²) in [5.41, 5.74) is 0. The van der Waals surface area contributed by atoms with E-state index in [9.17, 15) is 0 Å². The van der Waals surface area contributed by atoms with Crippen LogP contribution in [0, 0.1) is 0 Å². The Morgan fingerprint density at radius 3 is 2.11 bits per heavy atom. The van der Waals surface area contributed by atoms with Crippen molar-refractivity contribution in [1.29, 1.82) is 0 Å². The third-order valence-electron chi connectivity index (χ3n) is 3.59. The molecule has 0 radical (unpaired) electrons. The van der Waals surface area contributed by atoms with Crippen molar-refractivity contribution < 1.29 is 29.0 Å². The predicted octanol–water partition coefficient (Wildman–Crippen LogP) is 0.964.